The fourth-order valence-electron chi connectivity index (χ4n) is 4.55. The van der Waals surface area contributed by atoms with Gasteiger partial charge in [-0.05, 0) is 47.6 Å². The molecule has 0 saturated heterocycles. The molecule has 2 aromatic carbocycles. The summed E-state index contributed by atoms with van der Waals surface area (Å²) in [4.78, 5) is 13.2. The van der Waals surface area contributed by atoms with Crippen LogP contribution in [0, 0.1) is 11.3 Å². The summed E-state index contributed by atoms with van der Waals surface area (Å²) in [6, 6.07) is 16.7. The fraction of sp³-hybridized carbons (Fsp3) is 0.407. The van der Waals surface area contributed by atoms with Crippen LogP contribution in [0.1, 0.15) is 79.9 Å². The van der Waals surface area contributed by atoms with E-state index < -0.39 is 0 Å². The van der Waals surface area contributed by atoms with Crippen molar-refractivity contribution in [2.24, 2.45) is 0 Å². The lowest BCUT2D eigenvalue weighted by Gasteiger charge is -2.23. The third kappa shape index (κ3) is 4.51. The van der Waals surface area contributed by atoms with Crippen LogP contribution >= 0.6 is 0 Å². The molecular weight excluding hydrogens is 382 g/mol. The van der Waals surface area contributed by atoms with Gasteiger partial charge in [0.15, 0.2) is 0 Å². The Bertz CT molecular complexity index is 1120. The molecule has 1 heterocycles. The first-order chi connectivity index (χ1) is 14.9. The number of nitriles is 1. The average Bonchev–Trinajstić information content (AvgIpc) is 3.17. The maximum atomic E-state index is 13.2. The van der Waals surface area contributed by atoms with E-state index in [1.807, 2.05) is 12.3 Å². The molecule has 0 spiro atoms. The quantitative estimate of drug-likeness (QED) is 0.577. The predicted octanol–water partition coefficient (Wildman–Crippen LogP) is 5.92. The molecule has 0 atom stereocenters. The van der Waals surface area contributed by atoms with Gasteiger partial charge < -0.3 is 9.88 Å². The summed E-state index contributed by atoms with van der Waals surface area (Å²) < 4.78 is 2.10. The molecule has 1 aliphatic carbocycles. The van der Waals surface area contributed by atoms with Crippen molar-refractivity contribution < 1.29 is 4.79 Å². The minimum atomic E-state index is -0.0376. The number of benzene rings is 2. The number of carbonyl (C=O) groups is 1. The van der Waals surface area contributed by atoms with Gasteiger partial charge in [0.25, 0.3) is 5.91 Å². The van der Waals surface area contributed by atoms with Gasteiger partial charge in [0.2, 0.25) is 0 Å². The predicted molar refractivity (Wildman–Crippen MR) is 125 cm³/mol. The summed E-state index contributed by atoms with van der Waals surface area (Å²) in [5.74, 6) is -0.0376. The number of carbonyl (C=O) groups excluding carboxylic acids is 1. The second-order valence-corrected chi connectivity index (χ2v) is 9.73. The van der Waals surface area contributed by atoms with Gasteiger partial charge in [0.05, 0.1) is 22.7 Å². The minimum Gasteiger partial charge on any atom is -0.349 e. The number of nitrogens with zero attached hydrogens (tertiary/aromatic N) is 2. The van der Waals surface area contributed by atoms with Crippen molar-refractivity contribution in [1.29, 1.82) is 5.26 Å². The Morgan fingerprint density at radius 2 is 1.77 bits per heavy atom. The van der Waals surface area contributed by atoms with Crippen molar-refractivity contribution in [2.45, 2.75) is 70.9 Å². The zero-order valence-corrected chi connectivity index (χ0v) is 18.7. The molecule has 4 heteroatoms. The first kappa shape index (κ1) is 21.2. The highest BCUT2D eigenvalue weighted by Gasteiger charge is 2.21. The zero-order chi connectivity index (χ0) is 22.0. The molecule has 0 radical (unpaired) electrons. The Kier molecular flexibility index (Phi) is 5.87. The van der Waals surface area contributed by atoms with E-state index in [-0.39, 0.29) is 17.4 Å². The average molecular weight is 414 g/mol. The maximum Gasteiger partial charge on any atom is 0.253 e. The number of fused-ring (bicyclic) bond motifs is 1. The number of hydrogen-bond acceptors (Lipinski definition) is 2. The first-order valence-corrected chi connectivity index (χ1v) is 11.3. The van der Waals surface area contributed by atoms with Gasteiger partial charge in [0.1, 0.15) is 0 Å². The molecule has 4 nitrogen and oxygen atoms in total. The lowest BCUT2D eigenvalue weighted by molar-refractivity contribution is 0.0929. The van der Waals surface area contributed by atoms with Crippen LogP contribution in [0.3, 0.4) is 0 Å². The van der Waals surface area contributed by atoms with Crippen LogP contribution < -0.4 is 5.32 Å². The Hall–Kier alpha value is -3.06. The van der Waals surface area contributed by atoms with Gasteiger partial charge in [-0.25, -0.2) is 0 Å². The van der Waals surface area contributed by atoms with Crippen LogP contribution in [-0.2, 0) is 12.0 Å². The van der Waals surface area contributed by atoms with Gasteiger partial charge >= 0.3 is 0 Å². The Balaban J connectivity index is 1.67. The molecule has 1 saturated carbocycles. The van der Waals surface area contributed by atoms with Crippen LogP contribution in [-0.4, -0.2) is 16.5 Å². The van der Waals surface area contributed by atoms with Crippen molar-refractivity contribution in [1.82, 2.24) is 9.88 Å². The highest BCUT2D eigenvalue weighted by atomic mass is 16.1. The van der Waals surface area contributed by atoms with Gasteiger partial charge in [-0.1, -0.05) is 64.3 Å². The van der Waals surface area contributed by atoms with E-state index in [0.29, 0.717) is 17.7 Å². The van der Waals surface area contributed by atoms with Crippen LogP contribution in [0.5, 0.6) is 0 Å². The Labute approximate surface area is 184 Å². The molecule has 31 heavy (non-hydrogen) atoms. The molecule has 0 aliphatic heterocycles. The second kappa shape index (κ2) is 8.59. The maximum absolute atomic E-state index is 13.2. The van der Waals surface area contributed by atoms with E-state index in [9.17, 15) is 10.1 Å². The smallest absolute Gasteiger partial charge is 0.253 e. The molecule has 0 bridgehead atoms. The lowest BCUT2D eigenvalue weighted by atomic mass is 9.87. The fourth-order valence-corrected chi connectivity index (χ4v) is 4.55. The minimum absolute atomic E-state index is 0.0376. The third-order valence-electron chi connectivity index (χ3n) is 6.40. The Morgan fingerprint density at radius 1 is 1.06 bits per heavy atom. The van der Waals surface area contributed by atoms with Crippen molar-refractivity contribution >= 4 is 16.8 Å². The summed E-state index contributed by atoms with van der Waals surface area (Å²) >= 11 is 0. The molecule has 1 fully saturated rings. The highest BCUT2D eigenvalue weighted by molar-refractivity contribution is 6.07. The molecule has 0 unspecified atom stereocenters. The van der Waals surface area contributed by atoms with E-state index in [4.69, 9.17) is 0 Å². The lowest BCUT2D eigenvalue weighted by Crippen LogP contribution is -2.36. The molecule has 1 N–H and O–H groups in total. The van der Waals surface area contributed by atoms with Crippen LogP contribution in [0.25, 0.3) is 10.9 Å². The standard InChI is InChI=1S/C27H31N3O/c1-27(2,3)21-12-9-19(10-13-21)18-30-16-15-23-20(17-28)11-14-24(25(23)30)26(31)29-22-7-5-4-6-8-22/h9-16,22H,4-8,18H2,1-3H3,(H,29,31). The second-order valence-electron chi connectivity index (χ2n) is 9.73. The SMILES string of the molecule is CC(C)(C)c1ccc(Cn2ccc3c(C#N)ccc(C(=O)NC4CCCCC4)c32)cc1. The van der Waals surface area contributed by atoms with Crippen molar-refractivity contribution in [3.8, 4) is 6.07 Å². The molecule has 3 aromatic rings. The summed E-state index contributed by atoms with van der Waals surface area (Å²) in [6.07, 6.45) is 7.69. The normalized spacial score (nSPS) is 15.0. The number of rotatable bonds is 4. The van der Waals surface area contributed by atoms with Gasteiger partial charge in [0, 0.05) is 24.2 Å². The Morgan fingerprint density at radius 3 is 2.42 bits per heavy atom. The highest BCUT2D eigenvalue weighted by Crippen LogP contribution is 2.27. The zero-order valence-electron chi connectivity index (χ0n) is 18.7. The number of hydrogen-bond donors (Lipinski definition) is 1. The van der Waals surface area contributed by atoms with Gasteiger partial charge in [-0.3, -0.25) is 4.79 Å². The molecule has 4 rings (SSSR count). The molecule has 1 aliphatic rings. The largest absolute Gasteiger partial charge is 0.349 e. The van der Waals surface area contributed by atoms with E-state index in [1.54, 1.807) is 12.1 Å². The molecule has 1 aromatic heterocycles. The third-order valence-corrected chi connectivity index (χ3v) is 6.40. The van der Waals surface area contributed by atoms with E-state index in [1.165, 1.54) is 30.4 Å². The van der Waals surface area contributed by atoms with E-state index in [0.717, 1.165) is 23.7 Å². The van der Waals surface area contributed by atoms with Crippen molar-refractivity contribution in [2.75, 3.05) is 0 Å². The number of amides is 1. The summed E-state index contributed by atoms with van der Waals surface area (Å²) in [5, 5.41) is 13.6. The van der Waals surface area contributed by atoms with E-state index in [2.05, 4.69) is 61.0 Å². The van der Waals surface area contributed by atoms with Gasteiger partial charge in [-0.15, -0.1) is 0 Å². The summed E-state index contributed by atoms with van der Waals surface area (Å²) in [6.45, 7) is 7.29. The number of nitrogens with one attached hydrogen (secondary N) is 1. The first-order valence-electron chi connectivity index (χ1n) is 11.3. The summed E-state index contributed by atoms with van der Waals surface area (Å²) in [7, 11) is 0. The number of aromatic nitrogens is 1. The summed E-state index contributed by atoms with van der Waals surface area (Å²) in [5.41, 5.74) is 4.68. The molecule has 160 valence electrons. The van der Waals surface area contributed by atoms with Crippen molar-refractivity contribution in [3.63, 3.8) is 0 Å². The van der Waals surface area contributed by atoms with Crippen LogP contribution in [0.15, 0.2) is 48.7 Å². The molecular formula is C27H31N3O. The monoisotopic (exact) mass is 413 g/mol. The van der Waals surface area contributed by atoms with E-state index >= 15 is 0 Å². The topological polar surface area (TPSA) is 57.8 Å². The van der Waals surface area contributed by atoms with Gasteiger partial charge in [-0.2, -0.15) is 5.26 Å². The molecule has 1 amide bonds. The van der Waals surface area contributed by atoms with Crippen LogP contribution in [0.4, 0.5) is 0 Å². The van der Waals surface area contributed by atoms with Crippen LogP contribution in [0.2, 0.25) is 0 Å². The van der Waals surface area contributed by atoms with Crippen molar-refractivity contribution in [3.05, 3.63) is 70.9 Å².